The number of rotatable bonds is 10. The van der Waals surface area contributed by atoms with Crippen molar-refractivity contribution in [3.63, 3.8) is 0 Å². The van der Waals surface area contributed by atoms with E-state index in [4.69, 9.17) is 0 Å². The van der Waals surface area contributed by atoms with Crippen LogP contribution in [0.15, 0.2) is 53.6 Å². The quantitative estimate of drug-likeness (QED) is 0.334. The molecule has 0 aliphatic heterocycles. The number of nitrogens with zero attached hydrogens (tertiary/aromatic N) is 1. The van der Waals surface area contributed by atoms with Gasteiger partial charge in [-0.25, -0.2) is 5.43 Å². The first-order valence-electron chi connectivity index (χ1n) is 10.3. The summed E-state index contributed by atoms with van der Waals surface area (Å²) in [6, 6.07) is 15.7. The number of nitrogens with one attached hydrogen (secondary N) is 2. The van der Waals surface area contributed by atoms with Crippen molar-refractivity contribution in [3.8, 4) is 0 Å². The van der Waals surface area contributed by atoms with Gasteiger partial charge < -0.3 is 5.32 Å². The third-order valence-corrected chi connectivity index (χ3v) is 4.67. The second-order valence-corrected chi connectivity index (χ2v) is 7.28. The minimum absolute atomic E-state index is 0.0945. The zero-order valence-corrected chi connectivity index (χ0v) is 17.6. The van der Waals surface area contributed by atoms with E-state index in [0.29, 0.717) is 0 Å². The van der Waals surface area contributed by atoms with Crippen molar-refractivity contribution in [3.05, 3.63) is 65.2 Å². The highest BCUT2D eigenvalue weighted by molar-refractivity contribution is 6.01. The first-order valence-corrected chi connectivity index (χ1v) is 10.3. The van der Waals surface area contributed by atoms with E-state index >= 15 is 0 Å². The van der Waals surface area contributed by atoms with Crippen LogP contribution >= 0.6 is 0 Å². The molecule has 29 heavy (non-hydrogen) atoms. The normalized spacial score (nSPS) is 11.2. The van der Waals surface area contributed by atoms with Gasteiger partial charge in [-0.3, -0.25) is 9.59 Å². The Labute approximate surface area is 173 Å². The lowest BCUT2D eigenvalue weighted by molar-refractivity contribution is -0.124. The maximum absolute atomic E-state index is 12.2. The van der Waals surface area contributed by atoms with E-state index in [1.807, 2.05) is 62.4 Å². The molecule has 0 fully saturated rings. The first kappa shape index (κ1) is 22.3. The van der Waals surface area contributed by atoms with E-state index in [0.717, 1.165) is 53.8 Å². The third kappa shape index (κ3) is 7.90. The Morgan fingerprint density at radius 2 is 1.62 bits per heavy atom. The van der Waals surface area contributed by atoms with Gasteiger partial charge in [-0.15, -0.1) is 0 Å². The van der Waals surface area contributed by atoms with Crippen LogP contribution in [0, 0.1) is 13.8 Å². The van der Waals surface area contributed by atoms with Crippen LogP contribution in [0.2, 0.25) is 0 Å². The Hall–Kier alpha value is -2.95. The monoisotopic (exact) mass is 393 g/mol. The molecular formula is C24H31N3O2. The molecule has 0 saturated carbocycles. The van der Waals surface area contributed by atoms with Crippen molar-refractivity contribution in [1.29, 1.82) is 0 Å². The summed E-state index contributed by atoms with van der Waals surface area (Å²) in [5, 5.41) is 7.20. The largest absolute Gasteiger partial charge is 0.326 e. The van der Waals surface area contributed by atoms with Gasteiger partial charge in [0.15, 0.2) is 0 Å². The topological polar surface area (TPSA) is 70.6 Å². The number of benzene rings is 2. The number of carbonyl (C=O) groups excluding carboxylic acids is 2. The van der Waals surface area contributed by atoms with Gasteiger partial charge >= 0.3 is 0 Å². The van der Waals surface area contributed by atoms with E-state index in [2.05, 4.69) is 22.8 Å². The van der Waals surface area contributed by atoms with Gasteiger partial charge in [-0.1, -0.05) is 67.8 Å². The van der Waals surface area contributed by atoms with E-state index in [-0.39, 0.29) is 24.7 Å². The number of unbranched alkanes of at least 4 members (excludes halogenated alkanes) is 2. The number of hydrogen-bond acceptors (Lipinski definition) is 3. The average molecular weight is 394 g/mol. The molecule has 0 unspecified atom stereocenters. The zero-order chi connectivity index (χ0) is 21.1. The van der Waals surface area contributed by atoms with Gasteiger partial charge in [0.1, 0.15) is 0 Å². The Bertz CT molecular complexity index is 844. The van der Waals surface area contributed by atoms with Crippen molar-refractivity contribution in [2.45, 2.75) is 59.3 Å². The van der Waals surface area contributed by atoms with Crippen LogP contribution in [0.4, 0.5) is 5.69 Å². The summed E-state index contributed by atoms with van der Waals surface area (Å²) in [6.07, 6.45) is 4.30. The summed E-state index contributed by atoms with van der Waals surface area (Å²) < 4.78 is 0. The maximum atomic E-state index is 12.2. The molecule has 2 amide bonds. The average Bonchev–Trinajstić information content (AvgIpc) is 2.72. The second kappa shape index (κ2) is 11.8. The van der Waals surface area contributed by atoms with Gasteiger partial charge in [0.2, 0.25) is 11.8 Å². The summed E-state index contributed by atoms with van der Waals surface area (Å²) >= 11 is 0. The first-order chi connectivity index (χ1) is 14.0. The van der Waals surface area contributed by atoms with E-state index in [1.54, 1.807) is 0 Å². The van der Waals surface area contributed by atoms with Crippen LogP contribution < -0.4 is 10.7 Å². The van der Waals surface area contributed by atoms with E-state index in [1.165, 1.54) is 0 Å². The van der Waals surface area contributed by atoms with Gasteiger partial charge in [-0.05, 0) is 43.9 Å². The van der Waals surface area contributed by atoms with E-state index < -0.39 is 0 Å². The Balaban J connectivity index is 1.87. The molecule has 154 valence electrons. The van der Waals surface area contributed by atoms with Gasteiger partial charge in [0, 0.05) is 18.5 Å². The predicted molar refractivity (Wildman–Crippen MR) is 119 cm³/mol. The molecule has 0 aliphatic carbocycles. The number of anilines is 1. The lowest BCUT2D eigenvalue weighted by atomic mass is 10.0. The maximum Gasteiger partial charge on any atom is 0.240 e. The molecule has 2 rings (SSSR count). The minimum Gasteiger partial charge on any atom is -0.326 e. The fourth-order valence-electron chi connectivity index (χ4n) is 3.02. The van der Waals surface area contributed by atoms with Crippen molar-refractivity contribution in [2.24, 2.45) is 5.10 Å². The number of carbonyl (C=O) groups is 2. The molecule has 0 saturated heterocycles. The van der Waals surface area contributed by atoms with Crippen LogP contribution in [0.25, 0.3) is 0 Å². The Morgan fingerprint density at radius 3 is 2.31 bits per heavy atom. The van der Waals surface area contributed by atoms with Crippen LogP contribution in [-0.4, -0.2) is 17.5 Å². The third-order valence-electron chi connectivity index (χ3n) is 4.67. The molecule has 0 bridgehead atoms. The zero-order valence-electron chi connectivity index (χ0n) is 17.6. The predicted octanol–water partition coefficient (Wildman–Crippen LogP) is 5.12. The smallest absolute Gasteiger partial charge is 0.240 e. The SMILES string of the molecule is CCCCCC(=NNC(=O)CCC(=O)Nc1ccc(C)cc1C)c1ccccc1. The fraction of sp³-hybridized carbons (Fsp3) is 0.375. The molecule has 0 aliphatic rings. The summed E-state index contributed by atoms with van der Waals surface area (Å²) in [4.78, 5) is 24.3. The molecule has 0 aromatic heterocycles. The number of amides is 2. The number of hydrogen-bond donors (Lipinski definition) is 2. The number of aryl methyl sites for hydroxylation is 2. The number of hydrazone groups is 1. The highest BCUT2D eigenvalue weighted by atomic mass is 16.2. The molecule has 0 spiro atoms. The fourth-order valence-corrected chi connectivity index (χ4v) is 3.02. The molecule has 5 nitrogen and oxygen atoms in total. The summed E-state index contributed by atoms with van der Waals surface area (Å²) in [5.41, 5.74) is 7.42. The summed E-state index contributed by atoms with van der Waals surface area (Å²) in [6.45, 7) is 6.12. The summed E-state index contributed by atoms with van der Waals surface area (Å²) in [5.74, 6) is -0.438. The van der Waals surface area contributed by atoms with Crippen molar-refractivity contribution in [2.75, 3.05) is 5.32 Å². The standard InChI is InChI=1S/C24H31N3O2/c1-4-5-7-12-22(20-10-8-6-9-11-20)26-27-24(29)16-15-23(28)25-21-14-13-18(2)17-19(21)3/h6,8-11,13-14,17H,4-5,7,12,15-16H2,1-3H3,(H,25,28)(H,27,29). The van der Waals surface area contributed by atoms with Crippen molar-refractivity contribution in [1.82, 2.24) is 5.43 Å². The molecule has 0 radical (unpaired) electrons. The van der Waals surface area contributed by atoms with E-state index in [9.17, 15) is 9.59 Å². The van der Waals surface area contributed by atoms with Crippen molar-refractivity contribution >= 4 is 23.2 Å². The molecule has 2 aromatic carbocycles. The van der Waals surface area contributed by atoms with Crippen LogP contribution in [0.5, 0.6) is 0 Å². The lowest BCUT2D eigenvalue weighted by Gasteiger charge is -2.09. The Kier molecular flexibility index (Phi) is 9.09. The van der Waals surface area contributed by atoms with Gasteiger partial charge in [0.25, 0.3) is 0 Å². The Morgan fingerprint density at radius 1 is 0.897 bits per heavy atom. The molecule has 2 aromatic rings. The highest BCUT2D eigenvalue weighted by Crippen LogP contribution is 2.16. The van der Waals surface area contributed by atoms with Gasteiger partial charge in [0.05, 0.1) is 5.71 Å². The van der Waals surface area contributed by atoms with Crippen LogP contribution in [0.1, 0.15) is 62.1 Å². The minimum atomic E-state index is -0.260. The lowest BCUT2D eigenvalue weighted by Crippen LogP contribution is -2.22. The summed E-state index contributed by atoms with van der Waals surface area (Å²) in [7, 11) is 0. The molecule has 5 heteroatoms. The second-order valence-electron chi connectivity index (χ2n) is 7.28. The molecular weight excluding hydrogens is 362 g/mol. The molecule has 2 N–H and O–H groups in total. The van der Waals surface area contributed by atoms with Crippen LogP contribution in [0.3, 0.4) is 0 Å². The molecule has 0 heterocycles. The highest BCUT2D eigenvalue weighted by Gasteiger charge is 2.09. The molecule has 0 atom stereocenters. The van der Waals surface area contributed by atoms with Crippen LogP contribution in [-0.2, 0) is 9.59 Å². The van der Waals surface area contributed by atoms with Crippen molar-refractivity contribution < 1.29 is 9.59 Å². The van der Waals surface area contributed by atoms with Gasteiger partial charge in [-0.2, -0.15) is 5.10 Å².